The van der Waals surface area contributed by atoms with E-state index in [1.54, 1.807) is 11.8 Å². The number of amides is 1. The molecule has 0 rings (SSSR count). The lowest BCUT2D eigenvalue weighted by Gasteiger charge is -2.31. The van der Waals surface area contributed by atoms with Crippen molar-refractivity contribution in [2.75, 3.05) is 12.0 Å². The Balaban J connectivity index is 0. The van der Waals surface area contributed by atoms with E-state index in [9.17, 15) is 4.79 Å². The van der Waals surface area contributed by atoms with Crippen LogP contribution in [0.5, 0.6) is 0 Å². The first-order valence-corrected chi connectivity index (χ1v) is 8.95. The van der Waals surface area contributed by atoms with E-state index in [1.807, 2.05) is 20.1 Å². The maximum absolute atomic E-state index is 11.7. The molecule has 0 saturated carbocycles. The highest BCUT2D eigenvalue weighted by Crippen LogP contribution is 2.24. The van der Waals surface area contributed by atoms with E-state index in [2.05, 4.69) is 39.9 Å². The Morgan fingerprint density at radius 2 is 1.68 bits per heavy atom. The third-order valence-electron chi connectivity index (χ3n) is 2.93. The Kier molecular flexibility index (Phi) is 12.9. The normalized spacial score (nSPS) is 12.7. The molecule has 0 fully saturated rings. The summed E-state index contributed by atoms with van der Waals surface area (Å²) >= 11 is 1.58. The highest BCUT2D eigenvalue weighted by Gasteiger charge is 2.25. The minimum absolute atomic E-state index is 0.144. The third kappa shape index (κ3) is 12.6. The molecule has 1 amide bonds. The molecule has 1 N–H and O–H groups in total. The lowest BCUT2D eigenvalue weighted by atomic mass is 9.83. The fourth-order valence-corrected chi connectivity index (χ4v) is 2.16. The first kappa shape index (κ1) is 21.1. The van der Waals surface area contributed by atoms with Crippen molar-refractivity contribution in [3.8, 4) is 0 Å². The highest BCUT2D eigenvalue weighted by molar-refractivity contribution is 7.99. The van der Waals surface area contributed by atoms with Crippen molar-refractivity contribution in [1.82, 2.24) is 5.32 Å². The molecular formula is C16H35NOS. The maximum atomic E-state index is 11.7. The van der Waals surface area contributed by atoms with Crippen molar-refractivity contribution in [3.05, 3.63) is 0 Å². The van der Waals surface area contributed by atoms with Crippen LogP contribution in [0.25, 0.3) is 0 Å². The second-order valence-corrected chi connectivity index (χ2v) is 7.11. The monoisotopic (exact) mass is 289 g/mol. The molecule has 3 heteroatoms. The summed E-state index contributed by atoms with van der Waals surface area (Å²) in [6.45, 7) is 15.1. The van der Waals surface area contributed by atoms with Gasteiger partial charge in [-0.2, -0.15) is 11.8 Å². The van der Waals surface area contributed by atoms with E-state index in [1.165, 1.54) is 12.8 Å². The quantitative estimate of drug-likeness (QED) is 0.734. The van der Waals surface area contributed by atoms with E-state index < -0.39 is 0 Å². The second-order valence-electron chi connectivity index (χ2n) is 6.24. The lowest BCUT2D eigenvalue weighted by molar-refractivity contribution is -0.120. The molecule has 19 heavy (non-hydrogen) atoms. The fraction of sp³-hybridized carbons (Fsp3) is 0.938. The minimum atomic E-state index is 0.144. The van der Waals surface area contributed by atoms with Crippen LogP contribution in [0.3, 0.4) is 0 Å². The van der Waals surface area contributed by atoms with Gasteiger partial charge in [0.15, 0.2) is 0 Å². The molecule has 0 aliphatic heterocycles. The zero-order valence-electron chi connectivity index (χ0n) is 14.3. The Labute approximate surface area is 125 Å². The molecule has 0 aromatic carbocycles. The molecule has 0 radical (unpaired) electrons. The van der Waals surface area contributed by atoms with Crippen molar-refractivity contribution >= 4 is 17.7 Å². The predicted octanol–water partition coefficient (Wildman–Crippen LogP) is 4.73. The van der Waals surface area contributed by atoms with E-state index in [4.69, 9.17) is 0 Å². The average Bonchev–Trinajstić information content (AvgIpc) is 2.29. The molecule has 116 valence electrons. The van der Waals surface area contributed by atoms with Crippen LogP contribution >= 0.6 is 11.8 Å². The summed E-state index contributed by atoms with van der Waals surface area (Å²) in [6.07, 6.45) is 5.48. The van der Waals surface area contributed by atoms with Crippen LogP contribution in [-0.4, -0.2) is 24.0 Å². The molecule has 0 bridgehead atoms. The summed E-state index contributed by atoms with van der Waals surface area (Å²) in [4.78, 5) is 11.7. The van der Waals surface area contributed by atoms with Crippen LogP contribution in [0.1, 0.15) is 67.7 Å². The van der Waals surface area contributed by atoms with Gasteiger partial charge in [0, 0.05) is 6.04 Å². The summed E-state index contributed by atoms with van der Waals surface area (Å²) in [5.41, 5.74) is 0.144. The first-order valence-electron chi connectivity index (χ1n) is 7.55. The molecule has 0 aromatic heterocycles. The van der Waals surface area contributed by atoms with Gasteiger partial charge in [0.25, 0.3) is 0 Å². The van der Waals surface area contributed by atoms with Crippen LogP contribution in [0.4, 0.5) is 0 Å². The SMILES string of the molecule is CC.CSCC(=O)NC(CCCC(C)C)C(C)(C)C. The molecule has 0 aromatic rings. The third-order valence-corrected chi connectivity index (χ3v) is 3.48. The fourth-order valence-electron chi connectivity index (χ4n) is 1.82. The summed E-state index contributed by atoms with van der Waals surface area (Å²) in [6, 6.07) is 0.292. The number of rotatable bonds is 7. The summed E-state index contributed by atoms with van der Waals surface area (Å²) in [7, 11) is 0. The minimum Gasteiger partial charge on any atom is -0.352 e. The van der Waals surface area contributed by atoms with Crippen LogP contribution in [0.15, 0.2) is 0 Å². The Morgan fingerprint density at radius 1 is 1.16 bits per heavy atom. The molecule has 0 saturated heterocycles. The van der Waals surface area contributed by atoms with E-state index >= 15 is 0 Å². The van der Waals surface area contributed by atoms with E-state index in [0.717, 1.165) is 12.3 Å². The standard InChI is InChI=1S/C14H29NOS.C2H6/c1-11(2)8-7-9-12(14(3,4)5)15-13(16)10-17-6;1-2/h11-12H,7-10H2,1-6H3,(H,15,16);1-2H3. The Bertz CT molecular complexity index is 221. The van der Waals surface area contributed by atoms with E-state index in [-0.39, 0.29) is 11.3 Å². The summed E-state index contributed by atoms with van der Waals surface area (Å²) in [5.74, 6) is 1.48. The number of carbonyl (C=O) groups excluding carboxylic acids is 1. The predicted molar refractivity (Wildman–Crippen MR) is 89.8 cm³/mol. The summed E-state index contributed by atoms with van der Waals surface area (Å²) < 4.78 is 0. The van der Waals surface area contributed by atoms with Crippen LogP contribution in [-0.2, 0) is 4.79 Å². The Hall–Kier alpha value is -0.180. The molecule has 1 unspecified atom stereocenters. The van der Waals surface area contributed by atoms with E-state index in [0.29, 0.717) is 11.8 Å². The maximum Gasteiger partial charge on any atom is 0.230 e. The van der Waals surface area contributed by atoms with Crippen molar-refractivity contribution in [2.45, 2.75) is 73.8 Å². The van der Waals surface area contributed by atoms with Crippen LogP contribution < -0.4 is 5.32 Å². The molecule has 0 aliphatic carbocycles. The Morgan fingerprint density at radius 3 is 2.05 bits per heavy atom. The van der Waals surface area contributed by atoms with Crippen molar-refractivity contribution in [3.63, 3.8) is 0 Å². The molecule has 1 atom stereocenters. The smallest absolute Gasteiger partial charge is 0.230 e. The van der Waals surface area contributed by atoms with Crippen molar-refractivity contribution in [1.29, 1.82) is 0 Å². The second kappa shape index (κ2) is 11.6. The van der Waals surface area contributed by atoms with Crippen LogP contribution in [0.2, 0.25) is 0 Å². The largest absolute Gasteiger partial charge is 0.352 e. The van der Waals surface area contributed by atoms with Gasteiger partial charge in [0.2, 0.25) is 5.91 Å². The zero-order valence-corrected chi connectivity index (χ0v) is 15.1. The average molecular weight is 290 g/mol. The van der Waals surface area contributed by atoms with Gasteiger partial charge in [-0.15, -0.1) is 0 Å². The molecule has 2 nitrogen and oxygen atoms in total. The molecular weight excluding hydrogens is 254 g/mol. The van der Waals surface area contributed by atoms with Crippen molar-refractivity contribution < 1.29 is 4.79 Å². The number of carbonyl (C=O) groups is 1. The van der Waals surface area contributed by atoms with Gasteiger partial charge in [0.05, 0.1) is 5.75 Å². The number of hydrogen-bond donors (Lipinski definition) is 1. The highest BCUT2D eigenvalue weighted by atomic mass is 32.2. The first-order chi connectivity index (χ1) is 8.77. The molecule has 0 aliphatic rings. The topological polar surface area (TPSA) is 29.1 Å². The number of nitrogens with one attached hydrogen (secondary N) is 1. The van der Waals surface area contributed by atoms with Gasteiger partial charge >= 0.3 is 0 Å². The van der Waals surface area contributed by atoms with Crippen LogP contribution in [0, 0.1) is 11.3 Å². The molecule has 0 heterocycles. The van der Waals surface area contributed by atoms with Gasteiger partial charge in [0.1, 0.15) is 0 Å². The van der Waals surface area contributed by atoms with Crippen molar-refractivity contribution in [2.24, 2.45) is 11.3 Å². The lowest BCUT2D eigenvalue weighted by Crippen LogP contribution is -2.44. The molecule has 0 spiro atoms. The number of thioether (sulfide) groups is 1. The summed E-state index contributed by atoms with van der Waals surface area (Å²) in [5, 5.41) is 3.17. The number of hydrogen-bond acceptors (Lipinski definition) is 2. The van der Waals surface area contributed by atoms with Gasteiger partial charge in [-0.3, -0.25) is 4.79 Å². The van der Waals surface area contributed by atoms with Gasteiger partial charge in [-0.05, 0) is 24.0 Å². The van der Waals surface area contributed by atoms with Gasteiger partial charge in [-0.25, -0.2) is 0 Å². The zero-order chi connectivity index (χ0) is 15.5. The van der Waals surface area contributed by atoms with Gasteiger partial charge < -0.3 is 5.32 Å². The van der Waals surface area contributed by atoms with Gasteiger partial charge in [-0.1, -0.05) is 61.3 Å².